The molecule has 4 rings (SSSR count). The molecule has 1 aromatic heterocycles. The van der Waals surface area contributed by atoms with Crippen LogP contribution in [-0.2, 0) is 25.9 Å². The van der Waals surface area contributed by atoms with Gasteiger partial charge in [-0.15, -0.1) is 0 Å². The van der Waals surface area contributed by atoms with Crippen molar-refractivity contribution in [2.24, 2.45) is 0 Å². The first kappa shape index (κ1) is 16.3. The van der Waals surface area contributed by atoms with Gasteiger partial charge in [-0.3, -0.25) is 0 Å². The highest BCUT2D eigenvalue weighted by Gasteiger charge is 2.18. The number of aryl methyl sites for hydroxylation is 2. The molecule has 0 saturated carbocycles. The number of fused-ring (bicyclic) bond motifs is 2. The van der Waals surface area contributed by atoms with Crippen LogP contribution in [0.25, 0.3) is 0 Å². The van der Waals surface area contributed by atoms with E-state index >= 15 is 0 Å². The summed E-state index contributed by atoms with van der Waals surface area (Å²) in [5.74, 6) is 3.46. The lowest BCUT2D eigenvalue weighted by Crippen LogP contribution is -2.19. The second-order valence-electron chi connectivity index (χ2n) is 6.55. The average Bonchev–Trinajstić information content (AvgIpc) is 3.07. The summed E-state index contributed by atoms with van der Waals surface area (Å²) < 4.78 is 19.1. The molecule has 1 aromatic carbocycles. The molecule has 0 aliphatic carbocycles. The highest BCUT2D eigenvalue weighted by Crippen LogP contribution is 2.40. The van der Waals surface area contributed by atoms with Gasteiger partial charge in [0.2, 0.25) is 5.75 Å². The Morgan fingerprint density at radius 2 is 2.16 bits per heavy atom. The van der Waals surface area contributed by atoms with Crippen molar-refractivity contribution in [3.8, 4) is 17.2 Å². The Kier molecular flexibility index (Phi) is 4.78. The molecular formula is C19H25N3O3. The van der Waals surface area contributed by atoms with Gasteiger partial charge in [-0.05, 0) is 30.5 Å². The molecule has 1 N–H and O–H groups in total. The molecule has 0 unspecified atom stereocenters. The summed E-state index contributed by atoms with van der Waals surface area (Å²) in [5, 5.41) is 3.49. The molecule has 0 bridgehead atoms. The van der Waals surface area contributed by atoms with Crippen LogP contribution in [0.5, 0.6) is 17.2 Å². The topological polar surface area (TPSA) is 57.5 Å². The summed E-state index contributed by atoms with van der Waals surface area (Å²) in [6.07, 6.45) is 6.81. The van der Waals surface area contributed by atoms with E-state index in [1.807, 2.05) is 12.1 Å². The second kappa shape index (κ2) is 7.35. The minimum Gasteiger partial charge on any atom is -0.493 e. The minimum atomic E-state index is 0.565. The van der Waals surface area contributed by atoms with Gasteiger partial charge < -0.3 is 24.1 Å². The van der Waals surface area contributed by atoms with Crippen LogP contribution in [0.1, 0.15) is 29.9 Å². The van der Waals surface area contributed by atoms with Gasteiger partial charge in [-0.1, -0.05) is 0 Å². The van der Waals surface area contributed by atoms with Crippen LogP contribution in [0.15, 0.2) is 18.3 Å². The third kappa shape index (κ3) is 3.58. The number of ether oxygens (including phenoxy) is 3. The van der Waals surface area contributed by atoms with Crippen LogP contribution in [0.2, 0.25) is 0 Å². The monoisotopic (exact) mass is 343 g/mol. The van der Waals surface area contributed by atoms with E-state index in [0.29, 0.717) is 19.0 Å². The molecule has 0 spiro atoms. The summed E-state index contributed by atoms with van der Waals surface area (Å²) in [7, 11) is 1.66. The normalized spacial score (nSPS) is 15.7. The second-order valence-corrected chi connectivity index (χ2v) is 6.55. The number of hydrogen-bond donors (Lipinski definition) is 1. The Morgan fingerprint density at radius 1 is 1.24 bits per heavy atom. The molecule has 0 atom stereocenters. The van der Waals surface area contributed by atoms with Crippen LogP contribution < -0.4 is 19.5 Å². The van der Waals surface area contributed by atoms with E-state index in [0.717, 1.165) is 49.5 Å². The first-order chi connectivity index (χ1) is 12.3. The standard InChI is InChI=1S/C19H25N3O3/c1-23-16-10-14(11-17-19(16)25-9-8-24-17)12-20-6-5-15-13-22-7-3-2-4-18(22)21-15/h10-11,13,20H,2-9,12H2,1H3. The highest BCUT2D eigenvalue weighted by molar-refractivity contribution is 5.54. The van der Waals surface area contributed by atoms with Crippen LogP contribution in [0.3, 0.4) is 0 Å². The molecule has 2 aromatic rings. The van der Waals surface area contributed by atoms with Crippen LogP contribution in [0.4, 0.5) is 0 Å². The number of nitrogens with zero attached hydrogens (tertiary/aromatic N) is 2. The Balaban J connectivity index is 1.33. The SMILES string of the molecule is COc1cc(CNCCc2cn3c(n2)CCCC3)cc2c1OCCO2. The van der Waals surface area contributed by atoms with Gasteiger partial charge >= 0.3 is 0 Å². The maximum Gasteiger partial charge on any atom is 0.203 e. The number of rotatable bonds is 6. The van der Waals surface area contributed by atoms with Crippen LogP contribution in [0, 0.1) is 0 Å². The van der Waals surface area contributed by atoms with Crippen molar-refractivity contribution >= 4 is 0 Å². The number of hydrogen-bond acceptors (Lipinski definition) is 5. The number of aromatic nitrogens is 2. The Bertz CT molecular complexity index is 701. The van der Waals surface area contributed by atoms with Gasteiger partial charge in [-0.2, -0.15) is 0 Å². The van der Waals surface area contributed by atoms with Gasteiger partial charge in [0.05, 0.1) is 12.8 Å². The summed E-state index contributed by atoms with van der Waals surface area (Å²) in [5.41, 5.74) is 2.31. The van der Waals surface area contributed by atoms with E-state index < -0.39 is 0 Å². The molecule has 0 amide bonds. The van der Waals surface area contributed by atoms with E-state index in [2.05, 4.69) is 16.1 Å². The van der Waals surface area contributed by atoms with E-state index in [1.165, 1.54) is 24.4 Å². The summed E-state index contributed by atoms with van der Waals surface area (Å²) in [6, 6.07) is 4.04. The molecule has 3 heterocycles. The summed E-state index contributed by atoms with van der Waals surface area (Å²) >= 11 is 0. The lowest BCUT2D eigenvalue weighted by molar-refractivity contribution is 0.165. The van der Waals surface area contributed by atoms with E-state index in [4.69, 9.17) is 19.2 Å². The fourth-order valence-electron chi connectivity index (χ4n) is 3.47. The van der Waals surface area contributed by atoms with Crippen molar-refractivity contribution < 1.29 is 14.2 Å². The third-order valence-electron chi connectivity index (χ3n) is 4.73. The zero-order valence-corrected chi connectivity index (χ0v) is 14.7. The first-order valence-electron chi connectivity index (χ1n) is 9.05. The molecule has 0 fully saturated rings. The fourth-order valence-corrected chi connectivity index (χ4v) is 3.47. The summed E-state index contributed by atoms with van der Waals surface area (Å²) in [4.78, 5) is 4.75. The van der Waals surface area contributed by atoms with Crippen LogP contribution >= 0.6 is 0 Å². The van der Waals surface area contributed by atoms with Crippen molar-refractivity contribution in [3.63, 3.8) is 0 Å². The molecule has 25 heavy (non-hydrogen) atoms. The number of nitrogens with one attached hydrogen (secondary N) is 1. The maximum absolute atomic E-state index is 5.68. The molecular weight excluding hydrogens is 318 g/mol. The molecule has 2 aliphatic rings. The van der Waals surface area contributed by atoms with Gasteiger partial charge in [0.1, 0.15) is 19.0 Å². The summed E-state index contributed by atoms with van der Waals surface area (Å²) in [6.45, 7) is 3.92. The van der Waals surface area contributed by atoms with Gasteiger partial charge in [0, 0.05) is 38.7 Å². The third-order valence-corrected chi connectivity index (χ3v) is 4.73. The number of methoxy groups -OCH3 is 1. The predicted octanol–water partition coefficient (Wildman–Crippen LogP) is 2.33. The molecule has 0 saturated heterocycles. The minimum absolute atomic E-state index is 0.565. The van der Waals surface area contributed by atoms with Crippen molar-refractivity contribution in [1.82, 2.24) is 14.9 Å². The molecule has 0 radical (unpaired) electrons. The molecule has 134 valence electrons. The smallest absolute Gasteiger partial charge is 0.203 e. The highest BCUT2D eigenvalue weighted by atomic mass is 16.6. The maximum atomic E-state index is 5.68. The zero-order valence-electron chi connectivity index (χ0n) is 14.7. The van der Waals surface area contributed by atoms with Crippen molar-refractivity contribution in [1.29, 1.82) is 0 Å². The Morgan fingerprint density at radius 3 is 3.04 bits per heavy atom. The van der Waals surface area contributed by atoms with Crippen molar-refractivity contribution in [2.75, 3.05) is 26.9 Å². The first-order valence-corrected chi connectivity index (χ1v) is 9.05. The van der Waals surface area contributed by atoms with E-state index in [-0.39, 0.29) is 0 Å². The molecule has 2 aliphatic heterocycles. The van der Waals surface area contributed by atoms with Gasteiger partial charge in [0.25, 0.3) is 0 Å². The molecule has 6 nitrogen and oxygen atoms in total. The lowest BCUT2D eigenvalue weighted by Gasteiger charge is -2.21. The largest absolute Gasteiger partial charge is 0.493 e. The average molecular weight is 343 g/mol. The lowest BCUT2D eigenvalue weighted by atomic mass is 10.1. The number of benzene rings is 1. The van der Waals surface area contributed by atoms with Crippen LogP contribution in [-0.4, -0.2) is 36.4 Å². The Labute approximate surface area is 148 Å². The molecule has 6 heteroatoms. The van der Waals surface area contributed by atoms with Crippen molar-refractivity contribution in [2.45, 2.75) is 38.8 Å². The van der Waals surface area contributed by atoms with E-state index in [1.54, 1.807) is 7.11 Å². The Hall–Kier alpha value is -2.21. The fraction of sp³-hybridized carbons (Fsp3) is 0.526. The quantitative estimate of drug-likeness (QED) is 0.816. The predicted molar refractivity (Wildman–Crippen MR) is 94.6 cm³/mol. The van der Waals surface area contributed by atoms with E-state index in [9.17, 15) is 0 Å². The zero-order chi connectivity index (χ0) is 17.1. The van der Waals surface area contributed by atoms with Gasteiger partial charge in [0.15, 0.2) is 11.5 Å². The van der Waals surface area contributed by atoms with Crippen molar-refractivity contribution in [3.05, 3.63) is 35.4 Å². The van der Waals surface area contributed by atoms with Gasteiger partial charge in [-0.25, -0.2) is 4.98 Å². The number of imidazole rings is 1.